The Bertz CT molecular complexity index is 562. The molecule has 22 heavy (non-hydrogen) atoms. The van der Waals surface area contributed by atoms with E-state index in [1.165, 1.54) is 0 Å². The maximum Gasteiger partial charge on any atom is 0.329 e. The number of carboxylic acid groups (broad SMARTS) is 1. The van der Waals surface area contributed by atoms with Crippen molar-refractivity contribution in [2.75, 3.05) is 6.61 Å². The van der Waals surface area contributed by atoms with Gasteiger partial charge in [-0.15, -0.1) is 0 Å². The van der Waals surface area contributed by atoms with E-state index in [-0.39, 0.29) is 12.5 Å². The Morgan fingerprint density at radius 3 is 2.55 bits per heavy atom. The molecule has 0 radical (unpaired) electrons. The lowest BCUT2D eigenvalue weighted by atomic mass is 9.81. The van der Waals surface area contributed by atoms with E-state index in [0.717, 1.165) is 30.4 Å². The molecule has 2 N–H and O–H groups in total. The standard InChI is InChI=1S/C17H23NO4/c1-12-6-7-13(2)14(10-12)22-11-15(19)18-17(16(20)21)8-4-3-5-9-17/h6-7,10H,3-5,8-9,11H2,1-2H3,(H,18,19)(H,20,21). The van der Waals surface area contributed by atoms with Gasteiger partial charge in [-0.2, -0.15) is 0 Å². The maximum atomic E-state index is 12.1. The van der Waals surface area contributed by atoms with Crippen molar-refractivity contribution >= 4 is 11.9 Å². The molecule has 5 nitrogen and oxygen atoms in total. The van der Waals surface area contributed by atoms with Gasteiger partial charge in [-0.25, -0.2) is 4.79 Å². The van der Waals surface area contributed by atoms with E-state index >= 15 is 0 Å². The average molecular weight is 305 g/mol. The van der Waals surface area contributed by atoms with Crippen molar-refractivity contribution in [2.24, 2.45) is 0 Å². The van der Waals surface area contributed by atoms with Crippen molar-refractivity contribution in [1.82, 2.24) is 5.32 Å². The normalized spacial score (nSPS) is 16.8. The van der Waals surface area contributed by atoms with Gasteiger partial charge < -0.3 is 15.2 Å². The molecule has 0 heterocycles. The second kappa shape index (κ2) is 6.81. The Kier molecular flexibility index (Phi) is 5.06. The molecule has 5 heteroatoms. The van der Waals surface area contributed by atoms with Gasteiger partial charge in [0.15, 0.2) is 6.61 Å². The molecule has 1 saturated carbocycles. The maximum absolute atomic E-state index is 12.1. The lowest BCUT2D eigenvalue weighted by Crippen LogP contribution is -2.56. The highest BCUT2D eigenvalue weighted by molar-refractivity contribution is 5.87. The van der Waals surface area contributed by atoms with Crippen LogP contribution in [0.1, 0.15) is 43.2 Å². The Hall–Kier alpha value is -2.04. The average Bonchev–Trinajstić information content (AvgIpc) is 2.49. The molecule has 0 atom stereocenters. The fraction of sp³-hybridized carbons (Fsp3) is 0.529. The van der Waals surface area contributed by atoms with Gasteiger partial charge in [0.2, 0.25) is 0 Å². The lowest BCUT2D eigenvalue weighted by molar-refractivity contribution is -0.149. The van der Waals surface area contributed by atoms with Crippen LogP contribution in [0.15, 0.2) is 18.2 Å². The van der Waals surface area contributed by atoms with Crippen LogP contribution in [0.25, 0.3) is 0 Å². The molecule has 1 aliphatic carbocycles. The predicted molar refractivity (Wildman–Crippen MR) is 83.0 cm³/mol. The van der Waals surface area contributed by atoms with E-state index in [2.05, 4.69) is 5.32 Å². The van der Waals surface area contributed by atoms with Crippen LogP contribution in [0.2, 0.25) is 0 Å². The molecule has 0 aliphatic heterocycles. The fourth-order valence-corrected chi connectivity index (χ4v) is 2.86. The summed E-state index contributed by atoms with van der Waals surface area (Å²) in [7, 11) is 0. The van der Waals surface area contributed by atoms with E-state index in [0.29, 0.717) is 18.6 Å². The number of carbonyl (C=O) groups is 2. The summed E-state index contributed by atoms with van der Waals surface area (Å²) in [6.45, 7) is 3.69. The quantitative estimate of drug-likeness (QED) is 0.876. The minimum atomic E-state index is -1.12. The van der Waals surface area contributed by atoms with E-state index in [1.54, 1.807) is 0 Å². The van der Waals surface area contributed by atoms with Crippen molar-refractivity contribution < 1.29 is 19.4 Å². The van der Waals surface area contributed by atoms with Gasteiger partial charge in [0.25, 0.3) is 5.91 Å². The number of rotatable bonds is 5. The van der Waals surface area contributed by atoms with Crippen LogP contribution < -0.4 is 10.1 Å². The van der Waals surface area contributed by atoms with Gasteiger partial charge in [-0.05, 0) is 43.9 Å². The van der Waals surface area contributed by atoms with Crippen LogP contribution in [0.4, 0.5) is 0 Å². The Morgan fingerprint density at radius 2 is 1.91 bits per heavy atom. The number of ether oxygens (including phenoxy) is 1. The van der Waals surface area contributed by atoms with Gasteiger partial charge >= 0.3 is 5.97 Å². The summed E-state index contributed by atoms with van der Waals surface area (Å²) in [5.74, 6) is -0.680. The number of nitrogens with one attached hydrogen (secondary N) is 1. The van der Waals surface area contributed by atoms with E-state index in [4.69, 9.17) is 4.74 Å². The zero-order chi connectivity index (χ0) is 16.2. The number of carbonyl (C=O) groups excluding carboxylic acids is 1. The van der Waals surface area contributed by atoms with Crippen molar-refractivity contribution in [3.63, 3.8) is 0 Å². The number of aryl methyl sites for hydroxylation is 2. The molecule has 120 valence electrons. The molecule has 1 aromatic carbocycles. The number of amides is 1. The van der Waals surface area contributed by atoms with E-state index < -0.39 is 11.5 Å². The Balaban J connectivity index is 1.97. The minimum absolute atomic E-state index is 0.167. The molecule has 0 unspecified atom stereocenters. The van der Waals surface area contributed by atoms with Gasteiger partial charge in [-0.3, -0.25) is 4.79 Å². The first-order valence-electron chi connectivity index (χ1n) is 7.67. The predicted octanol–water partition coefficient (Wildman–Crippen LogP) is 2.59. The lowest BCUT2D eigenvalue weighted by Gasteiger charge is -2.33. The molecule has 0 saturated heterocycles. The third-order valence-electron chi connectivity index (χ3n) is 4.20. The Labute approximate surface area is 130 Å². The number of benzene rings is 1. The zero-order valence-electron chi connectivity index (χ0n) is 13.1. The summed E-state index contributed by atoms with van der Waals surface area (Å²) < 4.78 is 5.54. The molecule has 1 aromatic rings. The topological polar surface area (TPSA) is 75.6 Å². The minimum Gasteiger partial charge on any atom is -0.483 e. The number of hydrogen-bond acceptors (Lipinski definition) is 3. The molecular weight excluding hydrogens is 282 g/mol. The SMILES string of the molecule is Cc1ccc(C)c(OCC(=O)NC2(C(=O)O)CCCCC2)c1. The van der Waals surface area contributed by atoms with Gasteiger partial charge in [-0.1, -0.05) is 31.4 Å². The fourth-order valence-electron chi connectivity index (χ4n) is 2.86. The highest BCUT2D eigenvalue weighted by Crippen LogP contribution is 2.28. The van der Waals surface area contributed by atoms with Crippen LogP contribution in [0.5, 0.6) is 5.75 Å². The molecule has 0 spiro atoms. The first-order chi connectivity index (χ1) is 10.4. The first-order valence-corrected chi connectivity index (χ1v) is 7.67. The van der Waals surface area contributed by atoms with E-state index in [1.807, 2.05) is 32.0 Å². The summed E-state index contributed by atoms with van der Waals surface area (Å²) in [5, 5.41) is 12.1. The summed E-state index contributed by atoms with van der Waals surface area (Å²) >= 11 is 0. The second-order valence-corrected chi connectivity index (χ2v) is 6.05. The molecule has 0 bridgehead atoms. The zero-order valence-corrected chi connectivity index (χ0v) is 13.1. The van der Waals surface area contributed by atoms with Gasteiger partial charge in [0.05, 0.1) is 0 Å². The highest BCUT2D eigenvalue weighted by Gasteiger charge is 2.40. The molecule has 1 fully saturated rings. The molecular formula is C17H23NO4. The molecule has 2 rings (SSSR count). The van der Waals surface area contributed by atoms with Gasteiger partial charge in [0.1, 0.15) is 11.3 Å². The van der Waals surface area contributed by atoms with Crippen molar-refractivity contribution in [3.8, 4) is 5.75 Å². The smallest absolute Gasteiger partial charge is 0.329 e. The third-order valence-corrected chi connectivity index (χ3v) is 4.20. The summed E-state index contributed by atoms with van der Waals surface area (Å²) in [4.78, 5) is 23.6. The largest absolute Gasteiger partial charge is 0.483 e. The monoisotopic (exact) mass is 305 g/mol. The molecule has 0 aromatic heterocycles. The number of carboxylic acids is 1. The Morgan fingerprint density at radius 1 is 1.23 bits per heavy atom. The van der Waals surface area contributed by atoms with Crippen LogP contribution in [0.3, 0.4) is 0 Å². The third kappa shape index (κ3) is 3.78. The van der Waals surface area contributed by atoms with Crippen LogP contribution in [-0.4, -0.2) is 29.1 Å². The van der Waals surface area contributed by atoms with E-state index in [9.17, 15) is 14.7 Å². The molecule has 1 aliphatic rings. The summed E-state index contributed by atoms with van der Waals surface area (Å²) in [6, 6.07) is 5.78. The first kappa shape index (κ1) is 16.3. The summed E-state index contributed by atoms with van der Waals surface area (Å²) in [5.41, 5.74) is 0.875. The van der Waals surface area contributed by atoms with Crippen LogP contribution in [-0.2, 0) is 9.59 Å². The second-order valence-electron chi connectivity index (χ2n) is 6.05. The van der Waals surface area contributed by atoms with Crippen molar-refractivity contribution in [1.29, 1.82) is 0 Å². The van der Waals surface area contributed by atoms with Crippen molar-refractivity contribution in [2.45, 2.75) is 51.5 Å². The van der Waals surface area contributed by atoms with Crippen LogP contribution >= 0.6 is 0 Å². The number of aliphatic carboxylic acids is 1. The summed E-state index contributed by atoms with van der Waals surface area (Å²) in [6.07, 6.45) is 3.63. The van der Waals surface area contributed by atoms with Crippen molar-refractivity contribution in [3.05, 3.63) is 29.3 Å². The van der Waals surface area contributed by atoms with Gasteiger partial charge in [0, 0.05) is 0 Å². The number of hydrogen-bond donors (Lipinski definition) is 2. The van der Waals surface area contributed by atoms with Crippen LogP contribution in [0, 0.1) is 13.8 Å². The molecule has 1 amide bonds. The highest BCUT2D eigenvalue weighted by atomic mass is 16.5.